The van der Waals surface area contributed by atoms with Gasteiger partial charge in [0, 0.05) is 10.9 Å². The number of hydrogen-bond donors (Lipinski definition) is 0. The number of hydrogen-bond acceptors (Lipinski definition) is 6. The third-order valence-corrected chi connectivity index (χ3v) is 6.56. The predicted molar refractivity (Wildman–Crippen MR) is 118 cm³/mol. The minimum absolute atomic E-state index is 0.234. The first kappa shape index (κ1) is 20.8. The number of thioether (sulfide) groups is 1. The van der Waals surface area contributed by atoms with Crippen LogP contribution in [0.3, 0.4) is 0 Å². The Balaban J connectivity index is 2.08. The van der Waals surface area contributed by atoms with E-state index in [0.717, 1.165) is 26.4 Å². The van der Waals surface area contributed by atoms with Crippen molar-refractivity contribution in [2.45, 2.75) is 57.2 Å². The summed E-state index contributed by atoms with van der Waals surface area (Å²) in [6.45, 7) is 12.2. The van der Waals surface area contributed by atoms with Crippen LogP contribution in [0.15, 0.2) is 34.7 Å². The first-order valence-corrected chi connectivity index (χ1v) is 11.1. The molecule has 0 saturated heterocycles. The molecule has 0 bridgehead atoms. The van der Waals surface area contributed by atoms with Gasteiger partial charge < -0.3 is 4.74 Å². The predicted octanol–water partition coefficient (Wildman–Crippen LogP) is 6.22. The molecule has 0 atom stereocenters. The van der Waals surface area contributed by atoms with E-state index in [1.54, 1.807) is 11.3 Å². The second kappa shape index (κ2) is 8.21. The van der Waals surface area contributed by atoms with Crippen LogP contribution in [0.1, 0.15) is 51.9 Å². The average molecular weight is 415 g/mol. The molecular formula is C22H26N2O2S2. The van der Waals surface area contributed by atoms with Gasteiger partial charge in [0.05, 0.1) is 12.0 Å². The van der Waals surface area contributed by atoms with Crippen molar-refractivity contribution in [3.63, 3.8) is 0 Å². The van der Waals surface area contributed by atoms with E-state index in [1.807, 2.05) is 27.7 Å². The van der Waals surface area contributed by atoms with Gasteiger partial charge in [-0.2, -0.15) is 0 Å². The number of rotatable bonds is 6. The molecule has 2 aromatic heterocycles. The highest BCUT2D eigenvalue weighted by Crippen LogP contribution is 2.42. The minimum atomic E-state index is -0.732. The first-order chi connectivity index (χ1) is 13.2. The number of thiophene rings is 1. The van der Waals surface area contributed by atoms with E-state index in [9.17, 15) is 4.79 Å². The van der Waals surface area contributed by atoms with Crippen molar-refractivity contribution in [2.75, 3.05) is 6.61 Å². The van der Waals surface area contributed by atoms with Crippen molar-refractivity contribution in [2.24, 2.45) is 0 Å². The van der Waals surface area contributed by atoms with Crippen molar-refractivity contribution in [3.8, 4) is 11.1 Å². The number of benzene rings is 1. The fourth-order valence-corrected chi connectivity index (χ4v) is 5.10. The van der Waals surface area contributed by atoms with Crippen LogP contribution in [0.2, 0.25) is 0 Å². The molecule has 0 saturated carbocycles. The summed E-state index contributed by atoms with van der Waals surface area (Å²) in [4.78, 5) is 22.6. The number of aromatic nitrogens is 2. The van der Waals surface area contributed by atoms with Gasteiger partial charge in [0.2, 0.25) is 0 Å². The molecule has 28 heavy (non-hydrogen) atoms. The Kier molecular flexibility index (Phi) is 6.10. The first-order valence-electron chi connectivity index (χ1n) is 9.45. The van der Waals surface area contributed by atoms with E-state index < -0.39 is 4.75 Å². The topological polar surface area (TPSA) is 52.1 Å². The summed E-state index contributed by atoms with van der Waals surface area (Å²) in [5, 5.41) is 3.96. The zero-order valence-electron chi connectivity index (χ0n) is 17.2. The fraction of sp³-hybridized carbons (Fsp3) is 0.409. The van der Waals surface area contributed by atoms with Crippen LogP contribution in [-0.2, 0) is 9.53 Å². The molecule has 0 aliphatic heterocycles. The zero-order valence-corrected chi connectivity index (χ0v) is 18.8. The van der Waals surface area contributed by atoms with Gasteiger partial charge in [-0.3, -0.25) is 4.79 Å². The van der Waals surface area contributed by atoms with Gasteiger partial charge >= 0.3 is 5.97 Å². The van der Waals surface area contributed by atoms with Crippen molar-refractivity contribution in [1.29, 1.82) is 0 Å². The normalized spacial score (nSPS) is 12.0. The Bertz CT molecular complexity index is 992. The zero-order chi connectivity index (χ0) is 20.5. The van der Waals surface area contributed by atoms with Gasteiger partial charge in [-0.15, -0.1) is 11.3 Å². The highest BCUT2D eigenvalue weighted by Gasteiger charge is 2.32. The molecule has 0 fully saturated rings. The molecule has 3 aromatic rings. The van der Waals surface area contributed by atoms with Gasteiger partial charge in [0.15, 0.2) is 0 Å². The van der Waals surface area contributed by atoms with Crippen molar-refractivity contribution in [1.82, 2.24) is 9.97 Å². The van der Waals surface area contributed by atoms with E-state index in [1.165, 1.54) is 17.3 Å². The molecule has 0 N–H and O–H groups in total. The largest absolute Gasteiger partial charge is 0.465 e. The molecule has 0 aliphatic carbocycles. The van der Waals surface area contributed by atoms with Crippen molar-refractivity contribution >= 4 is 39.3 Å². The maximum Gasteiger partial charge on any atom is 0.322 e. The van der Waals surface area contributed by atoms with Crippen LogP contribution in [0.25, 0.3) is 21.3 Å². The molecule has 0 radical (unpaired) electrons. The van der Waals surface area contributed by atoms with Gasteiger partial charge in [-0.1, -0.05) is 49.9 Å². The molecule has 1 aromatic carbocycles. The number of ether oxygens (including phenoxy) is 1. The molecule has 6 heteroatoms. The molecule has 4 nitrogen and oxygen atoms in total. The lowest BCUT2D eigenvalue weighted by atomic mass is 9.99. The second-order valence-corrected chi connectivity index (χ2v) is 9.98. The van der Waals surface area contributed by atoms with E-state index in [-0.39, 0.29) is 5.97 Å². The van der Waals surface area contributed by atoms with Crippen LogP contribution < -0.4 is 0 Å². The fourth-order valence-electron chi connectivity index (χ4n) is 2.93. The van der Waals surface area contributed by atoms with E-state index in [4.69, 9.17) is 4.74 Å². The number of nitrogens with zero attached hydrogens (tertiary/aromatic N) is 2. The molecule has 0 spiro atoms. The maximum absolute atomic E-state index is 12.4. The molecular weight excluding hydrogens is 388 g/mol. The Hall–Kier alpha value is -1.92. The van der Waals surface area contributed by atoms with Crippen LogP contribution in [-0.4, -0.2) is 27.3 Å². The van der Waals surface area contributed by atoms with Crippen LogP contribution in [0.5, 0.6) is 0 Å². The SMILES string of the molecule is CCOC(=O)C(C)(C)Sc1nc(C)nc2scc(-c3ccc(C(C)C)cc3)c12. The second-order valence-electron chi connectivity index (χ2n) is 7.52. The van der Waals surface area contributed by atoms with Crippen LogP contribution in [0, 0.1) is 6.92 Å². The summed E-state index contributed by atoms with van der Waals surface area (Å²) in [7, 11) is 0. The lowest BCUT2D eigenvalue weighted by Gasteiger charge is -2.21. The summed E-state index contributed by atoms with van der Waals surface area (Å²) in [5.74, 6) is 0.969. The third kappa shape index (κ3) is 4.23. The van der Waals surface area contributed by atoms with Crippen LogP contribution in [0.4, 0.5) is 0 Å². The molecule has 3 rings (SSSR count). The number of carbonyl (C=O) groups is 1. The van der Waals surface area contributed by atoms with Crippen molar-refractivity contribution in [3.05, 3.63) is 41.0 Å². The number of aryl methyl sites for hydroxylation is 1. The maximum atomic E-state index is 12.4. The van der Waals surface area contributed by atoms with E-state index >= 15 is 0 Å². The summed E-state index contributed by atoms with van der Waals surface area (Å²) >= 11 is 3.05. The summed E-state index contributed by atoms with van der Waals surface area (Å²) in [5.41, 5.74) is 3.56. The summed E-state index contributed by atoms with van der Waals surface area (Å²) < 4.78 is 4.52. The molecule has 148 valence electrons. The summed E-state index contributed by atoms with van der Waals surface area (Å²) in [6.07, 6.45) is 0. The highest BCUT2D eigenvalue weighted by atomic mass is 32.2. The number of fused-ring (bicyclic) bond motifs is 1. The molecule has 2 heterocycles. The van der Waals surface area contributed by atoms with Gasteiger partial charge in [-0.25, -0.2) is 9.97 Å². The quantitative estimate of drug-likeness (QED) is 0.272. The Morgan fingerprint density at radius 2 is 1.89 bits per heavy atom. The lowest BCUT2D eigenvalue weighted by Crippen LogP contribution is -2.30. The number of carbonyl (C=O) groups excluding carboxylic acids is 1. The molecule has 0 unspecified atom stereocenters. The van der Waals surface area contributed by atoms with Gasteiger partial charge in [-0.05, 0) is 44.7 Å². The van der Waals surface area contributed by atoms with Gasteiger partial charge in [0.25, 0.3) is 0 Å². The van der Waals surface area contributed by atoms with E-state index in [0.29, 0.717) is 18.3 Å². The summed E-state index contributed by atoms with van der Waals surface area (Å²) in [6, 6.07) is 8.66. The van der Waals surface area contributed by atoms with Crippen molar-refractivity contribution < 1.29 is 9.53 Å². The van der Waals surface area contributed by atoms with Crippen LogP contribution >= 0.6 is 23.1 Å². The van der Waals surface area contributed by atoms with Gasteiger partial charge in [0.1, 0.15) is 20.4 Å². The third-order valence-electron chi connectivity index (χ3n) is 4.52. The minimum Gasteiger partial charge on any atom is -0.465 e. The van der Waals surface area contributed by atoms with E-state index in [2.05, 4.69) is 53.5 Å². The average Bonchev–Trinajstić information content (AvgIpc) is 3.05. The Morgan fingerprint density at radius 1 is 1.21 bits per heavy atom. The standard InChI is InChI=1S/C22H26N2O2S2/c1-7-26-21(25)22(5,6)28-20-18-17(12-27-19(18)23-14(4)24-20)16-10-8-15(9-11-16)13(2)3/h8-13H,7H2,1-6H3. The smallest absolute Gasteiger partial charge is 0.322 e. The molecule has 0 aliphatic rings. The highest BCUT2D eigenvalue weighted by molar-refractivity contribution is 8.01. The monoisotopic (exact) mass is 414 g/mol. The Morgan fingerprint density at radius 3 is 2.50 bits per heavy atom. The Labute approximate surface area is 174 Å². The number of esters is 1. The molecule has 0 amide bonds. The lowest BCUT2D eigenvalue weighted by molar-refractivity contribution is -0.145.